The van der Waals surface area contributed by atoms with Gasteiger partial charge in [-0.2, -0.15) is 8.78 Å². The summed E-state index contributed by atoms with van der Waals surface area (Å²) in [5.74, 6) is -4.56. The van der Waals surface area contributed by atoms with Crippen LogP contribution in [0.4, 0.5) is 23.2 Å². The number of nitrogens with one attached hydrogen (secondary N) is 1. The van der Waals surface area contributed by atoms with Crippen molar-refractivity contribution in [2.75, 3.05) is 5.32 Å². The number of hydrogen-bond acceptors (Lipinski definition) is 4. The largest absolute Gasteiger partial charge is 0.449 e. The summed E-state index contributed by atoms with van der Waals surface area (Å²) < 4.78 is 60.8. The van der Waals surface area contributed by atoms with Crippen LogP contribution in [0.3, 0.4) is 0 Å². The number of halogens is 4. The first-order chi connectivity index (χ1) is 12.3. The van der Waals surface area contributed by atoms with E-state index in [0.29, 0.717) is 0 Å². The molecule has 5 nitrogen and oxygen atoms in total. The molecule has 0 aliphatic carbocycles. The number of carbonyl (C=O) groups excluding carboxylic acids is 2. The Kier molecular flexibility index (Phi) is 6.16. The minimum absolute atomic E-state index is 0.329. The lowest BCUT2D eigenvalue weighted by molar-refractivity contribution is -0.123. The first-order valence-corrected chi connectivity index (χ1v) is 7.29. The second kappa shape index (κ2) is 8.32. The van der Waals surface area contributed by atoms with Gasteiger partial charge < -0.3 is 14.8 Å². The van der Waals surface area contributed by atoms with E-state index in [1.54, 1.807) is 0 Å². The highest BCUT2D eigenvalue weighted by molar-refractivity contribution is 5.98. The van der Waals surface area contributed by atoms with Crippen molar-refractivity contribution < 1.29 is 36.6 Å². The van der Waals surface area contributed by atoms with E-state index in [9.17, 15) is 27.2 Å². The van der Waals surface area contributed by atoms with Gasteiger partial charge in [0.05, 0.1) is 0 Å². The third-order valence-electron chi connectivity index (χ3n) is 3.19. The molecule has 26 heavy (non-hydrogen) atoms. The van der Waals surface area contributed by atoms with Crippen molar-refractivity contribution in [1.29, 1.82) is 0 Å². The summed E-state index contributed by atoms with van der Waals surface area (Å²) in [6.45, 7) is -2.00. The highest BCUT2D eigenvalue weighted by Gasteiger charge is 2.24. The summed E-state index contributed by atoms with van der Waals surface area (Å²) in [6, 6.07) is 8.04. The Labute approximate surface area is 145 Å². The third-order valence-corrected chi connectivity index (χ3v) is 3.19. The molecule has 138 valence electrons. The Morgan fingerprint density at radius 1 is 1.00 bits per heavy atom. The molecule has 0 aliphatic heterocycles. The molecule has 9 heteroatoms. The standard InChI is InChI=1S/C17H13F4NO4/c1-9(15(23)22-14-11(18)6-4-7-12(14)19)25-16(24)10-5-2-3-8-13(10)26-17(20)21/h2-9,17H,1H3,(H,22,23)/t9-/m0/s1. The highest BCUT2D eigenvalue weighted by atomic mass is 19.3. The topological polar surface area (TPSA) is 64.6 Å². The van der Waals surface area contributed by atoms with Gasteiger partial charge in [-0.15, -0.1) is 0 Å². The maximum absolute atomic E-state index is 13.5. The van der Waals surface area contributed by atoms with Gasteiger partial charge in [-0.3, -0.25) is 4.79 Å². The monoisotopic (exact) mass is 371 g/mol. The molecule has 1 amide bonds. The molecule has 1 atom stereocenters. The zero-order chi connectivity index (χ0) is 19.3. The molecular weight excluding hydrogens is 358 g/mol. The number of anilines is 1. The quantitative estimate of drug-likeness (QED) is 0.621. The van der Waals surface area contributed by atoms with Crippen LogP contribution in [0.1, 0.15) is 17.3 Å². The number of esters is 1. The maximum Gasteiger partial charge on any atom is 0.387 e. The number of amides is 1. The number of alkyl halides is 2. The molecule has 0 radical (unpaired) electrons. The van der Waals surface area contributed by atoms with Gasteiger partial charge in [0.1, 0.15) is 28.6 Å². The van der Waals surface area contributed by atoms with Gasteiger partial charge in [-0.05, 0) is 31.2 Å². The van der Waals surface area contributed by atoms with Crippen LogP contribution in [-0.2, 0) is 9.53 Å². The van der Waals surface area contributed by atoms with Crippen molar-refractivity contribution in [3.05, 3.63) is 59.7 Å². The summed E-state index contributed by atoms with van der Waals surface area (Å²) in [7, 11) is 0. The lowest BCUT2D eigenvalue weighted by Crippen LogP contribution is -2.30. The number of benzene rings is 2. The van der Waals surface area contributed by atoms with Crippen LogP contribution in [0.25, 0.3) is 0 Å². The maximum atomic E-state index is 13.5. The lowest BCUT2D eigenvalue weighted by atomic mass is 10.2. The summed E-state index contributed by atoms with van der Waals surface area (Å²) in [5, 5.41) is 1.96. The van der Waals surface area contributed by atoms with Crippen LogP contribution in [0.2, 0.25) is 0 Å². The fourth-order valence-electron chi connectivity index (χ4n) is 1.95. The Morgan fingerprint density at radius 3 is 2.23 bits per heavy atom. The molecule has 0 aromatic heterocycles. The predicted octanol–water partition coefficient (Wildman–Crippen LogP) is 3.75. The Morgan fingerprint density at radius 2 is 1.62 bits per heavy atom. The molecule has 0 spiro atoms. The molecule has 0 fully saturated rings. The van der Waals surface area contributed by atoms with E-state index in [0.717, 1.165) is 31.2 Å². The van der Waals surface area contributed by atoms with E-state index in [-0.39, 0.29) is 5.56 Å². The lowest BCUT2D eigenvalue weighted by Gasteiger charge is -2.15. The Balaban J connectivity index is 2.08. The van der Waals surface area contributed by atoms with E-state index in [4.69, 9.17) is 4.74 Å². The van der Waals surface area contributed by atoms with Crippen LogP contribution in [0.15, 0.2) is 42.5 Å². The van der Waals surface area contributed by atoms with Crippen LogP contribution in [-0.4, -0.2) is 24.6 Å². The third kappa shape index (κ3) is 4.71. The zero-order valence-corrected chi connectivity index (χ0v) is 13.3. The first kappa shape index (κ1) is 19.2. The van der Waals surface area contributed by atoms with E-state index in [1.807, 2.05) is 5.32 Å². The Hall–Kier alpha value is -3.10. The van der Waals surface area contributed by atoms with Crippen molar-refractivity contribution in [3.63, 3.8) is 0 Å². The summed E-state index contributed by atoms with van der Waals surface area (Å²) >= 11 is 0. The predicted molar refractivity (Wildman–Crippen MR) is 82.9 cm³/mol. The molecule has 0 aliphatic rings. The molecule has 2 aromatic carbocycles. The van der Waals surface area contributed by atoms with Gasteiger partial charge >= 0.3 is 12.6 Å². The van der Waals surface area contributed by atoms with Crippen molar-refractivity contribution in [3.8, 4) is 5.75 Å². The van der Waals surface area contributed by atoms with Crippen molar-refractivity contribution in [2.24, 2.45) is 0 Å². The Bertz CT molecular complexity index is 793. The molecule has 2 aromatic rings. The van der Waals surface area contributed by atoms with Gasteiger partial charge in [0, 0.05) is 0 Å². The van der Waals surface area contributed by atoms with Crippen molar-refractivity contribution in [2.45, 2.75) is 19.6 Å². The fraction of sp³-hybridized carbons (Fsp3) is 0.176. The molecule has 2 rings (SSSR count). The number of para-hydroxylation sites is 2. The molecule has 0 saturated heterocycles. The second-order valence-electron chi connectivity index (χ2n) is 5.01. The molecule has 1 N–H and O–H groups in total. The first-order valence-electron chi connectivity index (χ1n) is 7.29. The van der Waals surface area contributed by atoms with Crippen LogP contribution in [0.5, 0.6) is 5.75 Å². The minimum Gasteiger partial charge on any atom is -0.449 e. The fourth-order valence-corrected chi connectivity index (χ4v) is 1.95. The average Bonchev–Trinajstić information content (AvgIpc) is 2.58. The molecule has 0 unspecified atom stereocenters. The highest BCUT2D eigenvalue weighted by Crippen LogP contribution is 2.22. The summed E-state index contributed by atoms with van der Waals surface area (Å²) in [6.07, 6.45) is -1.46. The SMILES string of the molecule is C[C@H](OC(=O)c1ccccc1OC(F)F)C(=O)Nc1c(F)cccc1F. The van der Waals surface area contributed by atoms with Crippen LogP contribution in [0, 0.1) is 11.6 Å². The van der Waals surface area contributed by atoms with E-state index in [1.165, 1.54) is 18.2 Å². The van der Waals surface area contributed by atoms with E-state index < -0.39 is 47.7 Å². The van der Waals surface area contributed by atoms with Crippen molar-refractivity contribution >= 4 is 17.6 Å². The molecule has 0 saturated carbocycles. The van der Waals surface area contributed by atoms with Crippen molar-refractivity contribution in [1.82, 2.24) is 0 Å². The number of carbonyl (C=O) groups is 2. The normalized spacial score (nSPS) is 11.8. The van der Waals surface area contributed by atoms with Gasteiger partial charge in [0.2, 0.25) is 0 Å². The summed E-state index contributed by atoms with van der Waals surface area (Å²) in [5.41, 5.74) is -1.02. The van der Waals surface area contributed by atoms with E-state index in [2.05, 4.69) is 4.74 Å². The average molecular weight is 371 g/mol. The molecule has 0 bridgehead atoms. The number of ether oxygens (including phenoxy) is 2. The van der Waals surface area contributed by atoms with Crippen LogP contribution < -0.4 is 10.1 Å². The minimum atomic E-state index is -3.16. The second-order valence-corrected chi connectivity index (χ2v) is 5.01. The number of rotatable bonds is 6. The van der Waals surface area contributed by atoms with Gasteiger partial charge in [-0.1, -0.05) is 18.2 Å². The molecule has 0 heterocycles. The smallest absolute Gasteiger partial charge is 0.387 e. The van der Waals surface area contributed by atoms with Crippen LogP contribution >= 0.6 is 0 Å². The molecular formula is C17H13F4NO4. The zero-order valence-electron chi connectivity index (χ0n) is 13.3. The van der Waals surface area contributed by atoms with Gasteiger partial charge in [-0.25, -0.2) is 13.6 Å². The van der Waals surface area contributed by atoms with Gasteiger partial charge in [0.15, 0.2) is 6.10 Å². The van der Waals surface area contributed by atoms with Gasteiger partial charge in [0.25, 0.3) is 5.91 Å². The number of hydrogen-bond donors (Lipinski definition) is 1. The van der Waals surface area contributed by atoms with E-state index >= 15 is 0 Å². The summed E-state index contributed by atoms with van der Waals surface area (Å²) in [4.78, 5) is 24.0.